The van der Waals surface area contributed by atoms with Gasteiger partial charge in [-0.15, -0.1) is 0 Å². The fraction of sp³-hybridized carbons (Fsp3) is 0.500. The van der Waals surface area contributed by atoms with Gasteiger partial charge in [-0.3, -0.25) is 9.59 Å². The SMILES string of the molecule is CCC(C(=O)O)C1c2c(F)ccc(F)c2C(=O)N1CC(C)C. The fourth-order valence-corrected chi connectivity index (χ4v) is 3.04. The normalized spacial score (nSPS) is 18.7. The third kappa shape index (κ3) is 2.58. The Kier molecular flexibility index (Phi) is 4.49. The van der Waals surface area contributed by atoms with E-state index in [1.807, 2.05) is 13.8 Å². The van der Waals surface area contributed by atoms with E-state index in [1.165, 1.54) is 4.90 Å². The molecule has 2 atom stereocenters. The molecular formula is C16H19F2NO3. The van der Waals surface area contributed by atoms with E-state index in [2.05, 4.69) is 0 Å². The second-order valence-corrected chi connectivity index (χ2v) is 5.97. The van der Waals surface area contributed by atoms with Crippen LogP contribution >= 0.6 is 0 Å². The highest BCUT2D eigenvalue weighted by atomic mass is 19.1. The van der Waals surface area contributed by atoms with Crippen molar-refractivity contribution in [2.24, 2.45) is 11.8 Å². The minimum absolute atomic E-state index is 0.0539. The van der Waals surface area contributed by atoms with Crippen LogP contribution in [0, 0.1) is 23.5 Å². The van der Waals surface area contributed by atoms with Gasteiger partial charge in [-0.2, -0.15) is 0 Å². The van der Waals surface area contributed by atoms with E-state index in [9.17, 15) is 23.5 Å². The van der Waals surface area contributed by atoms with Crippen LogP contribution in [-0.4, -0.2) is 28.4 Å². The standard InChI is InChI=1S/C16H19F2NO3/c1-4-9(16(21)22)14-12-10(17)5-6-11(18)13(12)15(20)19(14)7-8(2)3/h5-6,8-9,14H,4,7H2,1-3H3,(H,21,22). The highest BCUT2D eigenvalue weighted by Gasteiger charge is 2.46. The predicted molar refractivity (Wildman–Crippen MR) is 76.4 cm³/mol. The summed E-state index contributed by atoms with van der Waals surface area (Å²) in [6.45, 7) is 5.64. The molecule has 120 valence electrons. The summed E-state index contributed by atoms with van der Waals surface area (Å²) in [7, 11) is 0. The Morgan fingerprint density at radius 2 is 1.91 bits per heavy atom. The summed E-state index contributed by atoms with van der Waals surface area (Å²) >= 11 is 0. The minimum Gasteiger partial charge on any atom is -0.481 e. The monoisotopic (exact) mass is 311 g/mol. The van der Waals surface area contributed by atoms with Crippen LogP contribution in [0.15, 0.2) is 12.1 Å². The predicted octanol–water partition coefficient (Wildman–Crippen LogP) is 3.23. The smallest absolute Gasteiger partial charge is 0.308 e. The van der Waals surface area contributed by atoms with E-state index < -0.39 is 35.5 Å². The summed E-state index contributed by atoms with van der Waals surface area (Å²) in [5, 5.41) is 9.40. The summed E-state index contributed by atoms with van der Waals surface area (Å²) in [6.07, 6.45) is 0.220. The number of halogens is 2. The second kappa shape index (κ2) is 6.02. The molecule has 1 N–H and O–H groups in total. The largest absolute Gasteiger partial charge is 0.481 e. The lowest BCUT2D eigenvalue weighted by atomic mass is 9.90. The van der Waals surface area contributed by atoms with E-state index in [4.69, 9.17) is 0 Å². The number of aliphatic carboxylic acids is 1. The topological polar surface area (TPSA) is 57.6 Å². The average molecular weight is 311 g/mol. The maximum Gasteiger partial charge on any atom is 0.308 e. The lowest BCUT2D eigenvalue weighted by molar-refractivity contribution is -0.144. The molecule has 1 heterocycles. The third-order valence-electron chi connectivity index (χ3n) is 3.95. The summed E-state index contributed by atoms with van der Waals surface area (Å²) < 4.78 is 28.2. The van der Waals surface area contributed by atoms with Gasteiger partial charge in [0.05, 0.1) is 17.5 Å². The van der Waals surface area contributed by atoms with Crippen LogP contribution in [0.1, 0.15) is 49.2 Å². The van der Waals surface area contributed by atoms with Gasteiger partial charge in [-0.05, 0) is 24.5 Å². The molecule has 2 unspecified atom stereocenters. The Labute approximate surface area is 127 Å². The number of hydrogen-bond acceptors (Lipinski definition) is 2. The van der Waals surface area contributed by atoms with Crippen LogP contribution in [0.2, 0.25) is 0 Å². The van der Waals surface area contributed by atoms with Crippen molar-refractivity contribution in [3.8, 4) is 0 Å². The quantitative estimate of drug-likeness (QED) is 0.908. The second-order valence-electron chi connectivity index (χ2n) is 5.97. The van der Waals surface area contributed by atoms with Crippen LogP contribution in [0.3, 0.4) is 0 Å². The van der Waals surface area contributed by atoms with E-state index in [-0.39, 0.29) is 30.0 Å². The Bertz CT molecular complexity index is 616. The number of carbonyl (C=O) groups is 2. The van der Waals surface area contributed by atoms with Crippen LogP contribution in [0.25, 0.3) is 0 Å². The van der Waals surface area contributed by atoms with Gasteiger partial charge in [0.25, 0.3) is 5.91 Å². The van der Waals surface area contributed by atoms with Crippen LogP contribution in [-0.2, 0) is 4.79 Å². The average Bonchev–Trinajstić information content (AvgIpc) is 2.70. The van der Waals surface area contributed by atoms with Crippen molar-refractivity contribution in [2.45, 2.75) is 33.2 Å². The van der Waals surface area contributed by atoms with Crippen molar-refractivity contribution in [3.63, 3.8) is 0 Å². The molecule has 1 aliphatic rings. The van der Waals surface area contributed by atoms with Gasteiger partial charge < -0.3 is 10.0 Å². The molecule has 6 heteroatoms. The summed E-state index contributed by atoms with van der Waals surface area (Å²) in [4.78, 5) is 25.3. The molecular weight excluding hydrogens is 292 g/mol. The van der Waals surface area contributed by atoms with E-state index in [0.29, 0.717) is 0 Å². The molecule has 0 aromatic heterocycles. The van der Waals surface area contributed by atoms with Gasteiger partial charge in [0.2, 0.25) is 0 Å². The summed E-state index contributed by atoms with van der Waals surface area (Å²) in [6, 6.07) is 0.883. The number of amides is 1. The van der Waals surface area contributed by atoms with Gasteiger partial charge in [0, 0.05) is 12.1 Å². The number of fused-ring (bicyclic) bond motifs is 1. The maximum absolute atomic E-state index is 14.2. The van der Waals surface area contributed by atoms with Crippen LogP contribution in [0.4, 0.5) is 8.78 Å². The number of carboxylic acid groups (broad SMARTS) is 1. The number of nitrogens with zero attached hydrogens (tertiary/aromatic N) is 1. The van der Waals surface area contributed by atoms with E-state index >= 15 is 0 Å². The van der Waals surface area contributed by atoms with Gasteiger partial charge in [0.1, 0.15) is 11.6 Å². The van der Waals surface area contributed by atoms with Gasteiger partial charge in [0.15, 0.2) is 0 Å². The first-order valence-electron chi connectivity index (χ1n) is 7.31. The summed E-state index contributed by atoms with van der Waals surface area (Å²) in [5.74, 6) is -4.21. The van der Waals surface area contributed by atoms with Crippen molar-refractivity contribution in [1.29, 1.82) is 0 Å². The Morgan fingerprint density at radius 1 is 1.32 bits per heavy atom. The lowest BCUT2D eigenvalue weighted by Crippen LogP contribution is -2.37. The van der Waals surface area contributed by atoms with Gasteiger partial charge in [-0.1, -0.05) is 20.8 Å². The molecule has 2 rings (SSSR count). The number of carbonyl (C=O) groups excluding carboxylic acids is 1. The van der Waals surface area contributed by atoms with Gasteiger partial charge in [-0.25, -0.2) is 8.78 Å². The summed E-state index contributed by atoms with van der Waals surface area (Å²) in [5.41, 5.74) is -0.453. The first-order chi connectivity index (χ1) is 10.3. The fourth-order valence-electron chi connectivity index (χ4n) is 3.04. The molecule has 22 heavy (non-hydrogen) atoms. The number of benzene rings is 1. The minimum atomic E-state index is -1.12. The Balaban J connectivity index is 2.63. The van der Waals surface area contributed by atoms with Crippen molar-refractivity contribution in [1.82, 2.24) is 4.90 Å². The zero-order valence-electron chi connectivity index (χ0n) is 12.8. The third-order valence-corrected chi connectivity index (χ3v) is 3.95. The number of carboxylic acids is 1. The molecule has 0 bridgehead atoms. The molecule has 0 radical (unpaired) electrons. The maximum atomic E-state index is 14.2. The number of hydrogen-bond donors (Lipinski definition) is 1. The van der Waals surface area contributed by atoms with Crippen LogP contribution in [0.5, 0.6) is 0 Å². The van der Waals surface area contributed by atoms with Crippen LogP contribution < -0.4 is 0 Å². The molecule has 1 amide bonds. The zero-order valence-corrected chi connectivity index (χ0v) is 12.8. The molecule has 1 aliphatic heterocycles. The molecule has 4 nitrogen and oxygen atoms in total. The zero-order chi connectivity index (χ0) is 16.6. The molecule has 0 fully saturated rings. The molecule has 1 aromatic carbocycles. The Hall–Kier alpha value is -1.98. The van der Waals surface area contributed by atoms with Crippen molar-refractivity contribution in [2.75, 3.05) is 6.54 Å². The van der Waals surface area contributed by atoms with Crippen molar-refractivity contribution in [3.05, 3.63) is 34.9 Å². The molecule has 0 aliphatic carbocycles. The lowest BCUT2D eigenvalue weighted by Gasteiger charge is -2.30. The highest BCUT2D eigenvalue weighted by molar-refractivity contribution is 6.00. The van der Waals surface area contributed by atoms with Crippen molar-refractivity contribution >= 4 is 11.9 Å². The van der Waals surface area contributed by atoms with Crippen molar-refractivity contribution < 1.29 is 23.5 Å². The van der Waals surface area contributed by atoms with E-state index in [1.54, 1.807) is 6.92 Å². The van der Waals surface area contributed by atoms with Gasteiger partial charge >= 0.3 is 5.97 Å². The number of rotatable bonds is 5. The first kappa shape index (κ1) is 16.4. The Morgan fingerprint density at radius 3 is 2.41 bits per heavy atom. The van der Waals surface area contributed by atoms with E-state index in [0.717, 1.165) is 12.1 Å². The molecule has 0 spiro atoms. The molecule has 1 aromatic rings. The molecule has 0 saturated carbocycles. The highest BCUT2D eigenvalue weighted by Crippen LogP contribution is 2.42. The molecule has 0 saturated heterocycles. The first-order valence-corrected chi connectivity index (χ1v) is 7.31.